The van der Waals surface area contributed by atoms with Crippen molar-refractivity contribution in [2.75, 3.05) is 11.5 Å². The number of fused-ring (bicyclic) bond motifs is 3. The van der Waals surface area contributed by atoms with E-state index in [2.05, 4.69) is 60.0 Å². The summed E-state index contributed by atoms with van der Waals surface area (Å²) in [5.41, 5.74) is 17.2. The monoisotopic (exact) mass is 412 g/mol. The number of rotatable bonds is 2. The molecule has 0 amide bonds. The standard InChI is InChI=1S/C21H19N3.BrF/c1-2-24-20-13-16(23)9-11-18(20)17-10-8-15(22)12-19(17)21(24)14-6-4-3-5-7-14;1-2/h3-13,23H,2,22H2,1H3;/p+1. The second-order valence-corrected chi connectivity index (χ2v) is 6.04. The fourth-order valence-corrected chi connectivity index (χ4v) is 3.49. The molecule has 4 N–H and O–H groups in total. The van der Waals surface area contributed by atoms with Gasteiger partial charge in [-0.25, -0.2) is 0 Å². The third-order valence-corrected chi connectivity index (χ3v) is 4.53. The van der Waals surface area contributed by atoms with Crippen molar-refractivity contribution >= 4 is 49.4 Å². The van der Waals surface area contributed by atoms with Crippen LogP contribution in [0, 0.1) is 0 Å². The van der Waals surface area contributed by atoms with E-state index in [4.69, 9.17) is 11.5 Å². The number of hydrogen-bond acceptors (Lipinski definition) is 2. The van der Waals surface area contributed by atoms with Gasteiger partial charge in [0, 0.05) is 28.4 Å². The van der Waals surface area contributed by atoms with Crippen molar-refractivity contribution in [1.82, 2.24) is 0 Å². The number of pyridine rings is 1. The van der Waals surface area contributed by atoms with Crippen LogP contribution in [0.25, 0.3) is 32.9 Å². The Morgan fingerprint density at radius 2 is 1.42 bits per heavy atom. The molecule has 0 saturated heterocycles. The summed E-state index contributed by atoms with van der Waals surface area (Å²) < 4.78 is 11.6. The van der Waals surface area contributed by atoms with Crippen molar-refractivity contribution in [2.45, 2.75) is 13.5 Å². The summed E-state index contributed by atoms with van der Waals surface area (Å²) in [7, 11) is 0. The summed E-state index contributed by atoms with van der Waals surface area (Å²) in [5, 5.41) is 3.56. The Bertz CT molecular complexity index is 1070. The smallest absolute Gasteiger partial charge is 0.220 e. The summed E-state index contributed by atoms with van der Waals surface area (Å²) >= 11 is 1.44. The summed E-state index contributed by atoms with van der Waals surface area (Å²) in [6.45, 7) is 3.02. The van der Waals surface area contributed by atoms with E-state index in [0.29, 0.717) is 0 Å². The first-order chi connectivity index (χ1) is 12.7. The number of halogens is 2. The molecule has 132 valence electrons. The molecule has 0 aliphatic carbocycles. The zero-order valence-corrected chi connectivity index (χ0v) is 16.0. The molecule has 0 atom stereocenters. The molecule has 0 aliphatic rings. The van der Waals surface area contributed by atoms with Crippen LogP contribution in [0.5, 0.6) is 0 Å². The van der Waals surface area contributed by atoms with Crippen molar-refractivity contribution in [2.24, 2.45) is 0 Å². The van der Waals surface area contributed by atoms with Crippen LogP contribution in [0.4, 0.5) is 14.9 Å². The molecule has 0 fully saturated rings. The van der Waals surface area contributed by atoms with Gasteiger partial charge in [0.2, 0.25) is 11.2 Å². The van der Waals surface area contributed by atoms with Crippen LogP contribution < -0.4 is 16.0 Å². The third-order valence-electron chi connectivity index (χ3n) is 4.53. The largest absolute Gasteiger partial charge is 0.399 e. The highest BCUT2D eigenvalue weighted by Crippen LogP contribution is 2.33. The van der Waals surface area contributed by atoms with Crippen LogP contribution in [0.2, 0.25) is 0 Å². The van der Waals surface area contributed by atoms with Gasteiger partial charge in [-0.3, -0.25) is 0 Å². The normalized spacial score (nSPS) is 10.6. The number of aromatic nitrogens is 1. The number of nitrogens with two attached hydrogens (primary N) is 2. The first-order valence-electron chi connectivity index (χ1n) is 8.33. The second-order valence-electron chi connectivity index (χ2n) is 6.04. The zero-order valence-electron chi connectivity index (χ0n) is 14.4. The molecule has 26 heavy (non-hydrogen) atoms. The highest BCUT2D eigenvalue weighted by molar-refractivity contribution is 9.05. The van der Waals surface area contributed by atoms with Crippen LogP contribution in [-0.4, -0.2) is 0 Å². The van der Waals surface area contributed by atoms with E-state index in [9.17, 15) is 3.56 Å². The number of aryl methyl sites for hydroxylation is 1. The molecule has 4 aromatic rings. The Morgan fingerprint density at radius 3 is 2.08 bits per heavy atom. The molecular formula is C21H20BrFN3+. The SMILES string of the molecule is CC[n+]1c(-c2ccccc2)c2cc(N)ccc2c2ccc(N)cc21.FBr. The number of hydrogen-bond donors (Lipinski definition) is 2. The van der Waals surface area contributed by atoms with Crippen LogP contribution >= 0.6 is 16.4 Å². The maximum Gasteiger partial charge on any atom is 0.220 e. The Morgan fingerprint density at radius 1 is 0.808 bits per heavy atom. The lowest BCUT2D eigenvalue weighted by Crippen LogP contribution is -2.36. The van der Waals surface area contributed by atoms with E-state index in [1.165, 1.54) is 43.8 Å². The van der Waals surface area contributed by atoms with Crippen molar-refractivity contribution in [3.05, 3.63) is 66.7 Å². The van der Waals surface area contributed by atoms with Gasteiger partial charge in [0.15, 0.2) is 16.4 Å². The predicted octanol–water partition coefficient (Wildman–Crippen LogP) is 5.40. The van der Waals surface area contributed by atoms with Gasteiger partial charge >= 0.3 is 0 Å². The van der Waals surface area contributed by atoms with Crippen LogP contribution in [0.3, 0.4) is 0 Å². The first kappa shape index (κ1) is 18.1. The number of benzene rings is 3. The molecule has 4 rings (SSSR count). The molecule has 3 aromatic carbocycles. The molecule has 3 nitrogen and oxygen atoms in total. The average Bonchev–Trinajstić information content (AvgIpc) is 2.68. The maximum atomic E-state index is 9.31. The quantitative estimate of drug-likeness (QED) is 0.263. The minimum atomic E-state index is 0.775. The summed E-state index contributed by atoms with van der Waals surface area (Å²) in [5.74, 6) is 0. The summed E-state index contributed by atoms with van der Waals surface area (Å²) in [4.78, 5) is 0. The fraction of sp³-hybridized carbons (Fsp3) is 0.0952. The number of anilines is 2. The lowest BCUT2D eigenvalue weighted by molar-refractivity contribution is -0.655. The topological polar surface area (TPSA) is 55.9 Å². The highest BCUT2D eigenvalue weighted by atomic mass is 79.9. The zero-order chi connectivity index (χ0) is 18.7. The average molecular weight is 413 g/mol. The van der Waals surface area contributed by atoms with Crippen LogP contribution in [-0.2, 0) is 6.54 Å². The minimum Gasteiger partial charge on any atom is -0.399 e. The lowest BCUT2D eigenvalue weighted by atomic mass is 9.98. The van der Waals surface area contributed by atoms with Gasteiger partial charge in [-0.2, -0.15) is 8.13 Å². The Kier molecular flexibility index (Phi) is 5.38. The van der Waals surface area contributed by atoms with Gasteiger partial charge in [0.1, 0.15) is 6.54 Å². The van der Waals surface area contributed by atoms with Gasteiger partial charge < -0.3 is 11.5 Å². The minimum absolute atomic E-state index is 0.775. The first-order valence-corrected chi connectivity index (χ1v) is 8.93. The van der Waals surface area contributed by atoms with Gasteiger partial charge in [-0.05, 0) is 43.3 Å². The van der Waals surface area contributed by atoms with E-state index in [1.807, 2.05) is 18.2 Å². The van der Waals surface area contributed by atoms with E-state index >= 15 is 0 Å². The van der Waals surface area contributed by atoms with Gasteiger partial charge in [-0.1, -0.05) is 24.3 Å². The summed E-state index contributed by atoms with van der Waals surface area (Å²) in [6, 6.07) is 22.7. The summed E-state index contributed by atoms with van der Waals surface area (Å²) in [6.07, 6.45) is 0. The van der Waals surface area contributed by atoms with Gasteiger partial charge in [-0.15, -0.1) is 0 Å². The Hall–Kier alpha value is -2.66. The molecule has 0 bridgehead atoms. The molecule has 5 heteroatoms. The molecule has 1 heterocycles. The fourth-order valence-electron chi connectivity index (χ4n) is 3.49. The Labute approximate surface area is 160 Å². The second kappa shape index (κ2) is 7.70. The van der Waals surface area contributed by atoms with E-state index < -0.39 is 0 Å². The van der Waals surface area contributed by atoms with Crippen molar-refractivity contribution in [3.63, 3.8) is 0 Å². The van der Waals surface area contributed by atoms with Crippen molar-refractivity contribution in [3.8, 4) is 11.3 Å². The number of nitrogen functional groups attached to an aromatic ring is 2. The Balaban J connectivity index is 0.000000948. The maximum absolute atomic E-state index is 9.31. The third kappa shape index (κ3) is 3.10. The van der Waals surface area contributed by atoms with Gasteiger partial charge in [0.05, 0.1) is 10.8 Å². The molecule has 0 aliphatic heterocycles. The predicted molar refractivity (Wildman–Crippen MR) is 112 cm³/mol. The van der Waals surface area contributed by atoms with Crippen LogP contribution in [0.1, 0.15) is 6.92 Å². The van der Waals surface area contributed by atoms with Crippen molar-refractivity contribution < 1.29 is 8.13 Å². The molecule has 0 saturated carbocycles. The molecule has 0 spiro atoms. The molecule has 0 radical (unpaired) electrons. The van der Waals surface area contributed by atoms with E-state index in [0.717, 1.165) is 23.4 Å². The molecule has 0 unspecified atom stereocenters. The van der Waals surface area contributed by atoms with E-state index in [1.54, 1.807) is 0 Å². The molecule has 1 aromatic heterocycles. The highest BCUT2D eigenvalue weighted by Gasteiger charge is 2.22. The van der Waals surface area contributed by atoms with Crippen molar-refractivity contribution in [1.29, 1.82) is 0 Å². The number of nitrogens with zero attached hydrogens (tertiary/aromatic N) is 1. The lowest BCUT2D eigenvalue weighted by Gasteiger charge is -2.12. The van der Waals surface area contributed by atoms with Gasteiger partial charge in [0.25, 0.3) is 0 Å². The van der Waals surface area contributed by atoms with E-state index in [-0.39, 0.29) is 0 Å². The molecular weight excluding hydrogens is 393 g/mol. The van der Waals surface area contributed by atoms with Crippen LogP contribution in [0.15, 0.2) is 66.7 Å².